The Morgan fingerprint density at radius 3 is 2.40 bits per heavy atom. The average Bonchev–Trinajstić information content (AvgIpc) is 2.59. The van der Waals surface area contributed by atoms with Crippen molar-refractivity contribution < 1.29 is 9.84 Å². The van der Waals surface area contributed by atoms with Crippen LogP contribution in [-0.2, 0) is 4.74 Å². The van der Waals surface area contributed by atoms with E-state index < -0.39 is 0 Å². The molecule has 0 bridgehead atoms. The Morgan fingerprint density at radius 1 is 1.00 bits per heavy atom. The van der Waals surface area contributed by atoms with Crippen LogP contribution in [0.5, 0.6) is 0 Å². The minimum atomic E-state index is -0.195. The van der Waals surface area contributed by atoms with Gasteiger partial charge in [0.2, 0.25) is 0 Å². The third-order valence-electron chi connectivity index (χ3n) is 4.33. The van der Waals surface area contributed by atoms with E-state index in [4.69, 9.17) is 4.74 Å². The maximum absolute atomic E-state index is 9.71. The lowest BCUT2D eigenvalue weighted by molar-refractivity contribution is -0.0842. The van der Waals surface area contributed by atoms with Crippen LogP contribution in [0.25, 0.3) is 0 Å². The quantitative estimate of drug-likeness (QED) is 0.762. The van der Waals surface area contributed by atoms with Gasteiger partial charge in [0.05, 0.1) is 18.3 Å². The zero-order valence-corrected chi connectivity index (χ0v) is 9.98. The van der Waals surface area contributed by atoms with E-state index in [2.05, 4.69) is 13.8 Å². The van der Waals surface area contributed by atoms with Crippen molar-refractivity contribution in [3.8, 4) is 0 Å². The molecule has 0 aliphatic heterocycles. The summed E-state index contributed by atoms with van der Waals surface area (Å²) in [4.78, 5) is 0. The van der Waals surface area contributed by atoms with Gasteiger partial charge in [-0.15, -0.1) is 0 Å². The molecule has 2 rings (SSSR count). The Labute approximate surface area is 93.0 Å². The van der Waals surface area contributed by atoms with Gasteiger partial charge in [0.15, 0.2) is 0 Å². The van der Waals surface area contributed by atoms with Gasteiger partial charge in [-0.2, -0.15) is 0 Å². The van der Waals surface area contributed by atoms with Crippen molar-refractivity contribution in [1.82, 2.24) is 0 Å². The van der Waals surface area contributed by atoms with Crippen molar-refractivity contribution in [1.29, 1.82) is 0 Å². The molecule has 0 radical (unpaired) electrons. The van der Waals surface area contributed by atoms with Crippen LogP contribution in [0.2, 0.25) is 0 Å². The lowest BCUT2D eigenvalue weighted by Crippen LogP contribution is -2.33. The fourth-order valence-electron chi connectivity index (χ4n) is 2.93. The second-order valence-electron chi connectivity index (χ2n) is 5.56. The molecule has 0 aromatic carbocycles. The van der Waals surface area contributed by atoms with Gasteiger partial charge in [-0.3, -0.25) is 0 Å². The third kappa shape index (κ3) is 2.73. The van der Waals surface area contributed by atoms with Crippen LogP contribution >= 0.6 is 0 Å². The lowest BCUT2D eigenvalue weighted by atomic mass is 9.80. The number of aliphatic hydroxyl groups is 1. The highest BCUT2D eigenvalue weighted by molar-refractivity contribution is 4.81. The van der Waals surface area contributed by atoms with Crippen molar-refractivity contribution in [3.63, 3.8) is 0 Å². The van der Waals surface area contributed by atoms with E-state index in [1.54, 1.807) is 0 Å². The van der Waals surface area contributed by atoms with Gasteiger partial charge in [0, 0.05) is 0 Å². The largest absolute Gasteiger partial charge is 0.390 e. The highest BCUT2D eigenvalue weighted by atomic mass is 16.5. The van der Waals surface area contributed by atoms with Gasteiger partial charge in [-0.05, 0) is 50.4 Å². The van der Waals surface area contributed by atoms with Crippen LogP contribution in [-0.4, -0.2) is 23.4 Å². The molecule has 15 heavy (non-hydrogen) atoms. The summed E-state index contributed by atoms with van der Waals surface area (Å²) >= 11 is 0. The van der Waals surface area contributed by atoms with Crippen LogP contribution in [0.15, 0.2) is 0 Å². The Morgan fingerprint density at radius 2 is 1.80 bits per heavy atom. The first kappa shape index (κ1) is 11.4. The minimum absolute atomic E-state index is 0.135. The van der Waals surface area contributed by atoms with E-state index in [1.165, 1.54) is 19.3 Å². The standard InChI is InChI=1S/C13H24O2/c1-9-6-7-11(8-10(9)2)15-13-5-3-4-12(13)14/h9-14H,3-8H2,1-2H3. The average molecular weight is 212 g/mol. The molecule has 0 heterocycles. The number of aliphatic hydroxyl groups excluding tert-OH is 1. The minimum Gasteiger partial charge on any atom is -0.390 e. The molecule has 1 N–H and O–H groups in total. The summed E-state index contributed by atoms with van der Waals surface area (Å²) in [6.07, 6.45) is 7.13. The SMILES string of the molecule is CC1CCC(OC2CCCC2O)CC1C. The molecule has 5 atom stereocenters. The Bertz CT molecular complexity index is 205. The molecular formula is C13H24O2. The molecule has 2 saturated carbocycles. The molecule has 0 amide bonds. The molecule has 2 aliphatic carbocycles. The van der Waals surface area contributed by atoms with Crippen LogP contribution in [0.1, 0.15) is 52.4 Å². The number of ether oxygens (including phenoxy) is 1. The van der Waals surface area contributed by atoms with Gasteiger partial charge in [0.25, 0.3) is 0 Å². The monoisotopic (exact) mass is 212 g/mol. The predicted octanol–water partition coefficient (Wildman–Crippen LogP) is 2.74. The highest BCUT2D eigenvalue weighted by Crippen LogP contribution is 2.33. The summed E-state index contributed by atoms with van der Waals surface area (Å²) in [5, 5.41) is 9.71. The van der Waals surface area contributed by atoms with E-state index in [0.29, 0.717) is 6.10 Å². The summed E-state index contributed by atoms with van der Waals surface area (Å²) in [6.45, 7) is 4.66. The zero-order valence-electron chi connectivity index (χ0n) is 9.98. The van der Waals surface area contributed by atoms with Gasteiger partial charge >= 0.3 is 0 Å². The Balaban J connectivity index is 1.80. The molecule has 5 unspecified atom stereocenters. The topological polar surface area (TPSA) is 29.5 Å². The zero-order chi connectivity index (χ0) is 10.8. The van der Waals surface area contributed by atoms with Gasteiger partial charge in [0.1, 0.15) is 0 Å². The number of hydrogen-bond donors (Lipinski definition) is 1. The van der Waals surface area contributed by atoms with Crippen molar-refractivity contribution in [2.45, 2.75) is 70.7 Å². The van der Waals surface area contributed by atoms with E-state index in [0.717, 1.165) is 31.1 Å². The second-order valence-corrected chi connectivity index (χ2v) is 5.56. The third-order valence-corrected chi connectivity index (χ3v) is 4.33. The molecule has 0 aromatic heterocycles. The molecule has 2 heteroatoms. The van der Waals surface area contributed by atoms with E-state index in [-0.39, 0.29) is 12.2 Å². The fourth-order valence-corrected chi connectivity index (χ4v) is 2.93. The van der Waals surface area contributed by atoms with Crippen LogP contribution in [0, 0.1) is 11.8 Å². The number of hydrogen-bond acceptors (Lipinski definition) is 2. The van der Waals surface area contributed by atoms with Crippen molar-refractivity contribution >= 4 is 0 Å². The normalized spacial score (nSPS) is 47.0. The smallest absolute Gasteiger partial charge is 0.0837 e. The summed E-state index contributed by atoms with van der Waals surface area (Å²) in [7, 11) is 0. The summed E-state index contributed by atoms with van der Waals surface area (Å²) in [6, 6.07) is 0. The molecular weight excluding hydrogens is 188 g/mol. The lowest BCUT2D eigenvalue weighted by Gasteiger charge is -2.34. The summed E-state index contributed by atoms with van der Waals surface area (Å²) < 4.78 is 6.03. The van der Waals surface area contributed by atoms with Crippen molar-refractivity contribution in [2.75, 3.05) is 0 Å². The highest BCUT2D eigenvalue weighted by Gasteiger charge is 2.31. The molecule has 0 saturated heterocycles. The molecule has 2 aliphatic rings. The fraction of sp³-hybridized carbons (Fsp3) is 1.00. The van der Waals surface area contributed by atoms with Crippen molar-refractivity contribution in [2.24, 2.45) is 11.8 Å². The Hall–Kier alpha value is -0.0800. The van der Waals surface area contributed by atoms with Crippen molar-refractivity contribution in [3.05, 3.63) is 0 Å². The van der Waals surface area contributed by atoms with Crippen LogP contribution in [0.3, 0.4) is 0 Å². The summed E-state index contributed by atoms with van der Waals surface area (Å²) in [5.74, 6) is 1.63. The Kier molecular flexibility index (Phi) is 3.68. The molecule has 88 valence electrons. The number of rotatable bonds is 2. The molecule has 2 fully saturated rings. The maximum atomic E-state index is 9.71. The summed E-state index contributed by atoms with van der Waals surface area (Å²) in [5.41, 5.74) is 0. The molecule has 2 nitrogen and oxygen atoms in total. The maximum Gasteiger partial charge on any atom is 0.0837 e. The molecule has 0 aromatic rings. The van der Waals surface area contributed by atoms with Gasteiger partial charge < -0.3 is 9.84 Å². The molecule has 0 spiro atoms. The van der Waals surface area contributed by atoms with Gasteiger partial charge in [-0.1, -0.05) is 13.8 Å². The van der Waals surface area contributed by atoms with Gasteiger partial charge in [-0.25, -0.2) is 0 Å². The first-order chi connectivity index (χ1) is 7.16. The first-order valence-electron chi connectivity index (χ1n) is 6.50. The second kappa shape index (κ2) is 4.84. The van der Waals surface area contributed by atoms with Crippen LogP contribution in [0.4, 0.5) is 0 Å². The first-order valence-corrected chi connectivity index (χ1v) is 6.50. The van der Waals surface area contributed by atoms with E-state index in [1.807, 2.05) is 0 Å². The van der Waals surface area contributed by atoms with Crippen LogP contribution < -0.4 is 0 Å². The van der Waals surface area contributed by atoms with E-state index >= 15 is 0 Å². The van der Waals surface area contributed by atoms with E-state index in [9.17, 15) is 5.11 Å². The predicted molar refractivity (Wildman–Crippen MR) is 60.7 cm³/mol.